The van der Waals surface area contributed by atoms with Crippen LogP contribution in [0.1, 0.15) is 22.3 Å². The van der Waals surface area contributed by atoms with Crippen molar-refractivity contribution in [3.8, 4) is 28.1 Å². The van der Waals surface area contributed by atoms with Crippen LogP contribution in [-0.4, -0.2) is 9.55 Å². The van der Waals surface area contributed by atoms with Gasteiger partial charge in [0.2, 0.25) is 0 Å². The highest BCUT2D eigenvalue weighted by Gasteiger charge is 2.18. The summed E-state index contributed by atoms with van der Waals surface area (Å²) in [4.78, 5) is 9.51. The number of anilines is 6. The molecule has 61 heavy (non-hydrogen) atoms. The molecular weight excluding hydrogens is 741 g/mol. The SMILES string of the molecule is Cc1ccc(N(c2ccc(C)cc2)c2cccc(-c3ccc4c(c3)c3cc(-c5cccc(N(c6ccc(C)cc6)c6ccc(C)cc6)c5)ccc3n4-c3ccccn3)c2)cc1. The minimum atomic E-state index is 0.894. The molecule has 0 aliphatic heterocycles. The first kappa shape index (κ1) is 37.6. The average molecular weight is 787 g/mol. The van der Waals surface area contributed by atoms with Crippen LogP contribution < -0.4 is 9.80 Å². The van der Waals surface area contributed by atoms with Crippen molar-refractivity contribution in [3.63, 3.8) is 0 Å². The van der Waals surface area contributed by atoms with Crippen molar-refractivity contribution in [1.82, 2.24) is 9.55 Å². The van der Waals surface area contributed by atoms with Crippen LogP contribution in [0.15, 0.2) is 206 Å². The zero-order chi connectivity index (χ0) is 41.5. The third-order valence-electron chi connectivity index (χ3n) is 11.7. The van der Waals surface area contributed by atoms with E-state index in [1.165, 1.54) is 33.0 Å². The number of nitrogens with zero attached hydrogens (tertiary/aromatic N) is 4. The van der Waals surface area contributed by atoms with Gasteiger partial charge in [-0.25, -0.2) is 4.98 Å². The number of aryl methyl sites for hydroxylation is 4. The lowest BCUT2D eigenvalue weighted by molar-refractivity contribution is 1.08. The summed E-state index contributed by atoms with van der Waals surface area (Å²) in [6.45, 7) is 8.53. The fourth-order valence-corrected chi connectivity index (χ4v) is 8.43. The fraction of sp³-hybridized carbons (Fsp3) is 0.0702. The van der Waals surface area contributed by atoms with E-state index in [0.29, 0.717) is 0 Å². The van der Waals surface area contributed by atoms with Crippen LogP contribution in [0.3, 0.4) is 0 Å². The van der Waals surface area contributed by atoms with Crippen LogP contribution in [-0.2, 0) is 0 Å². The van der Waals surface area contributed by atoms with E-state index >= 15 is 0 Å². The van der Waals surface area contributed by atoms with Gasteiger partial charge in [0.1, 0.15) is 5.82 Å². The van der Waals surface area contributed by atoms with Crippen molar-refractivity contribution in [2.24, 2.45) is 0 Å². The Bertz CT molecular complexity index is 2860. The summed E-state index contributed by atoms with van der Waals surface area (Å²) in [5, 5.41) is 2.35. The Labute approximate surface area is 358 Å². The second-order valence-electron chi connectivity index (χ2n) is 16.1. The Morgan fingerprint density at radius 3 is 1.07 bits per heavy atom. The summed E-state index contributed by atoms with van der Waals surface area (Å²) in [5.41, 5.74) is 18.5. The van der Waals surface area contributed by atoms with Gasteiger partial charge in [-0.15, -0.1) is 0 Å². The highest BCUT2D eigenvalue weighted by Crippen LogP contribution is 2.41. The second kappa shape index (κ2) is 15.8. The third kappa shape index (κ3) is 7.34. The molecule has 10 aromatic rings. The van der Waals surface area contributed by atoms with E-state index < -0.39 is 0 Å². The van der Waals surface area contributed by atoms with E-state index in [2.05, 4.69) is 236 Å². The van der Waals surface area contributed by atoms with Crippen molar-refractivity contribution in [2.45, 2.75) is 27.7 Å². The average Bonchev–Trinajstić information content (AvgIpc) is 3.63. The normalized spacial score (nSPS) is 11.3. The van der Waals surface area contributed by atoms with Crippen LogP contribution in [0.2, 0.25) is 0 Å². The minimum Gasteiger partial charge on any atom is -0.310 e. The van der Waals surface area contributed by atoms with Gasteiger partial charge in [-0.1, -0.05) is 113 Å². The molecule has 4 nitrogen and oxygen atoms in total. The number of aromatic nitrogens is 2. The zero-order valence-corrected chi connectivity index (χ0v) is 34.9. The smallest absolute Gasteiger partial charge is 0.137 e. The molecule has 0 N–H and O–H groups in total. The highest BCUT2D eigenvalue weighted by atomic mass is 15.1. The van der Waals surface area contributed by atoms with Gasteiger partial charge >= 0.3 is 0 Å². The van der Waals surface area contributed by atoms with Crippen molar-refractivity contribution in [1.29, 1.82) is 0 Å². The molecule has 0 atom stereocenters. The zero-order valence-electron chi connectivity index (χ0n) is 34.9. The Hall–Kier alpha value is -7.69. The van der Waals surface area contributed by atoms with Crippen LogP contribution >= 0.6 is 0 Å². The van der Waals surface area contributed by atoms with Crippen LogP contribution in [0.25, 0.3) is 49.9 Å². The Balaban J connectivity index is 1.10. The molecule has 4 heteroatoms. The lowest BCUT2D eigenvalue weighted by Crippen LogP contribution is -2.10. The molecule has 2 aromatic heterocycles. The van der Waals surface area contributed by atoms with Crippen LogP contribution in [0, 0.1) is 27.7 Å². The summed E-state index contributed by atoms with van der Waals surface area (Å²) in [6, 6.07) is 72.7. The monoisotopic (exact) mass is 786 g/mol. The summed E-state index contributed by atoms with van der Waals surface area (Å²) in [6.07, 6.45) is 1.87. The molecule has 0 fully saturated rings. The maximum atomic E-state index is 4.83. The second-order valence-corrected chi connectivity index (χ2v) is 16.1. The molecule has 294 valence electrons. The molecule has 0 bridgehead atoms. The Morgan fingerprint density at radius 2 is 0.705 bits per heavy atom. The van der Waals surface area contributed by atoms with Gasteiger partial charge in [0.05, 0.1) is 11.0 Å². The number of pyridine rings is 1. The fourth-order valence-electron chi connectivity index (χ4n) is 8.43. The number of hydrogen-bond acceptors (Lipinski definition) is 3. The number of rotatable bonds is 9. The molecule has 8 aromatic carbocycles. The van der Waals surface area contributed by atoms with Crippen molar-refractivity contribution in [3.05, 3.63) is 229 Å². The van der Waals surface area contributed by atoms with Crippen LogP contribution in [0.5, 0.6) is 0 Å². The molecule has 0 saturated heterocycles. The molecule has 0 amide bonds. The number of benzene rings is 8. The topological polar surface area (TPSA) is 24.3 Å². The van der Waals surface area contributed by atoms with E-state index in [9.17, 15) is 0 Å². The summed E-state index contributed by atoms with van der Waals surface area (Å²) in [7, 11) is 0. The van der Waals surface area contributed by atoms with E-state index in [1.54, 1.807) is 0 Å². The van der Waals surface area contributed by atoms with Crippen LogP contribution in [0.4, 0.5) is 34.1 Å². The predicted molar refractivity (Wildman–Crippen MR) is 258 cm³/mol. The molecule has 0 radical (unpaired) electrons. The molecule has 0 unspecified atom stereocenters. The molecular formula is C57H46N4. The van der Waals surface area contributed by atoms with Gasteiger partial charge in [-0.3, -0.25) is 4.57 Å². The summed E-state index contributed by atoms with van der Waals surface area (Å²) < 4.78 is 2.29. The first-order valence-corrected chi connectivity index (χ1v) is 20.9. The molecule has 0 spiro atoms. The van der Waals surface area contributed by atoms with Gasteiger partial charge in [0.25, 0.3) is 0 Å². The molecule has 10 rings (SSSR count). The summed E-state index contributed by atoms with van der Waals surface area (Å²) in [5.74, 6) is 0.894. The van der Waals surface area contributed by atoms with Crippen molar-refractivity contribution >= 4 is 55.9 Å². The van der Waals surface area contributed by atoms with Gasteiger partial charge in [0, 0.05) is 51.1 Å². The Kier molecular flexibility index (Phi) is 9.74. The number of hydrogen-bond donors (Lipinski definition) is 0. The third-order valence-corrected chi connectivity index (χ3v) is 11.7. The van der Waals surface area contributed by atoms with Crippen molar-refractivity contribution < 1.29 is 0 Å². The quantitative estimate of drug-likeness (QED) is 0.146. The highest BCUT2D eigenvalue weighted by molar-refractivity contribution is 6.11. The van der Waals surface area contributed by atoms with E-state index in [0.717, 1.165) is 73.2 Å². The standard InChI is InChI=1S/C57H46N4/c1-39-14-24-47(25-15-39)59(48-26-16-40(2)17-27-48)51-11-7-9-43(35-51)45-22-32-55-53(37-45)54-38-46(23-33-56(54)61(55)57-13-5-6-34-58-57)44-10-8-12-52(36-44)60(49-28-18-41(3)19-29-49)50-30-20-42(4)21-31-50/h5-38H,1-4H3. The van der Waals surface area contributed by atoms with Gasteiger partial charge in [0.15, 0.2) is 0 Å². The summed E-state index contributed by atoms with van der Waals surface area (Å²) >= 11 is 0. The molecule has 0 aliphatic rings. The largest absolute Gasteiger partial charge is 0.310 e. The van der Waals surface area contributed by atoms with E-state index in [-0.39, 0.29) is 0 Å². The minimum absolute atomic E-state index is 0.894. The van der Waals surface area contributed by atoms with Gasteiger partial charge < -0.3 is 9.80 Å². The van der Waals surface area contributed by atoms with E-state index in [1.807, 2.05) is 12.3 Å². The Morgan fingerprint density at radius 1 is 0.328 bits per heavy atom. The van der Waals surface area contributed by atoms with Crippen molar-refractivity contribution in [2.75, 3.05) is 9.80 Å². The molecule has 0 aliphatic carbocycles. The number of fused-ring (bicyclic) bond motifs is 3. The first-order valence-electron chi connectivity index (χ1n) is 20.9. The lowest BCUT2D eigenvalue weighted by atomic mass is 9.99. The molecule has 0 saturated carbocycles. The molecule has 2 heterocycles. The lowest BCUT2D eigenvalue weighted by Gasteiger charge is -2.26. The first-order chi connectivity index (χ1) is 29.9. The van der Waals surface area contributed by atoms with E-state index in [4.69, 9.17) is 4.98 Å². The maximum absolute atomic E-state index is 4.83. The predicted octanol–water partition coefficient (Wildman–Crippen LogP) is 15.7. The van der Waals surface area contributed by atoms with Gasteiger partial charge in [-0.2, -0.15) is 0 Å². The van der Waals surface area contributed by atoms with Gasteiger partial charge in [-0.05, 0) is 159 Å². The maximum Gasteiger partial charge on any atom is 0.137 e.